The number of alkyl halides is 6. The lowest BCUT2D eigenvalue weighted by Gasteiger charge is -2.29. The van der Waals surface area contributed by atoms with Gasteiger partial charge in [-0.25, -0.2) is 4.79 Å². The molecule has 0 amide bonds. The fourth-order valence-corrected chi connectivity index (χ4v) is 1.51. The standard InChI is InChI=1S/C14H18F6O3/c1-2-3-4-5-6-7-8-9-10-23-11(21)12(22,13(15,16)17)14(18,19)20/h22H,2-6,9-10H2,1H3. The number of rotatable bonds is 7. The SMILES string of the molecule is CCCCCCC#CCCOC(=O)C(O)(C(F)(F)F)C(F)(F)F. The molecule has 3 nitrogen and oxygen atoms in total. The van der Waals surface area contributed by atoms with Crippen molar-refractivity contribution in [2.45, 2.75) is 63.4 Å². The predicted octanol–water partition coefficient (Wildman–Crippen LogP) is 3.75. The van der Waals surface area contributed by atoms with Gasteiger partial charge in [-0.2, -0.15) is 26.3 Å². The molecule has 0 atom stereocenters. The molecule has 23 heavy (non-hydrogen) atoms. The van der Waals surface area contributed by atoms with Gasteiger partial charge in [0.05, 0.1) is 0 Å². The molecule has 0 aliphatic rings. The fraction of sp³-hybridized carbons (Fsp3) is 0.786. The number of halogens is 6. The topological polar surface area (TPSA) is 46.5 Å². The first kappa shape index (κ1) is 21.6. The van der Waals surface area contributed by atoms with Crippen LogP contribution in [0.4, 0.5) is 26.3 Å². The Bertz CT molecular complexity index is 417. The number of carbonyl (C=O) groups excluding carboxylic acids is 1. The summed E-state index contributed by atoms with van der Waals surface area (Å²) in [5.74, 6) is 2.34. The molecule has 0 saturated heterocycles. The Kier molecular flexibility index (Phi) is 8.45. The maximum atomic E-state index is 12.3. The average Bonchev–Trinajstić information content (AvgIpc) is 2.41. The summed E-state index contributed by atoms with van der Waals surface area (Å²) in [4.78, 5) is 11.0. The van der Waals surface area contributed by atoms with Crippen molar-refractivity contribution in [3.8, 4) is 11.8 Å². The minimum absolute atomic E-state index is 0.217. The summed E-state index contributed by atoms with van der Waals surface area (Å²) in [6.45, 7) is 1.26. The molecule has 0 aromatic rings. The van der Waals surface area contributed by atoms with Gasteiger partial charge in [0.2, 0.25) is 0 Å². The lowest BCUT2D eigenvalue weighted by molar-refractivity contribution is -0.356. The lowest BCUT2D eigenvalue weighted by atomic mass is 10.0. The number of aliphatic hydroxyl groups is 1. The van der Waals surface area contributed by atoms with Crippen molar-refractivity contribution in [2.75, 3.05) is 6.61 Å². The minimum atomic E-state index is -6.23. The molecule has 0 aliphatic heterocycles. The zero-order chi connectivity index (χ0) is 18.1. The third kappa shape index (κ3) is 6.29. The molecule has 0 aromatic heterocycles. The Morgan fingerprint density at radius 2 is 1.48 bits per heavy atom. The van der Waals surface area contributed by atoms with Gasteiger partial charge in [-0.1, -0.05) is 32.1 Å². The van der Waals surface area contributed by atoms with Crippen molar-refractivity contribution in [2.24, 2.45) is 0 Å². The van der Waals surface area contributed by atoms with Crippen LogP contribution >= 0.6 is 0 Å². The maximum Gasteiger partial charge on any atom is 0.437 e. The van der Waals surface area contributed by atoms with E-state index in [4.69, 9.17) is 5.11 Å². The third-order valence-corrected chi connectivity index (χ3v) is 2.86. The summed E-state index contributed by atoms with van der Waals surface area (Å²) in [5.41, 5.74) is -5.53. The van der Waals surface area contributed by atoms with Gasteiger partial charge < -0.3 is 9.84 Å². The van der Waals surface area contributed by atoms with Crippen LogP contribution in [-0.4, -0.2) is 35.6 Å². The van der Waals surface area contributed by atoms with Gasteiger partial charge >= 0.3 is 23.9 Å². The molecule has 9 heteroatoms. The van der Waals surface area contributed by atoms with Gasteiger partial charge in [-0.3, -0.25) is 0 Å². The first-order valence-corrected chi connectivity index (χ1v) is 6.97. The van der Waals surface area contributed by atoms with Crippen LogP contribution in [0.1, 0.15) is 45.4 Å². The van der Waals surface area contributed by atoms with E-state index in [2.05, 4.69) is 16.6 Å². The number of carbonyl (C=O) groups is 1. The lowest BCUT2D eigenvalue weighted by Crippen LogP contribution is -2.63. The van der Waals surface area contributed by atoms with E-state index in [1.807, 2.05) is 6.92 Å². The molecule has 0 heterocycles. The summed E-state index contributed by atoms with van der Waals surface area (Å²) in [5, 5.41) is 8.72. The van der Waals surface area contributed by atoms with Crippen LogP contribution in [0.3, 0.4) is 0 Å². The first-order chi connectivity index (χ1) is 10.5. The van der Waals surface area contributed by atoms with Crippen LogP contribution in [0.15, 0.2) is 0 Å². The summed E-state index contributed by atoms with van der Waals surface area (Å²) in [7, 11) is 0. The molecular weight excluding hydrogens is 330 g/mol. The molecule has 0 aliphatic carbocycles. The second-order valence-electron chi connectivity index (χ2n) is 4.76. The summed E-state index contributed by atoms with van der Waals surface area (Å²) >= 11 is 0. The summed E-state index contributed by atoms with van der Waals surface area (Å²) in [6.07, 6.45) is -8.22. The molecule has 0 radical (unpaired) electrons. The van der Waals surface area contributed by atoms with E-state index in [9.17, 15) is 31.1 Å². The molecule has 134 valence electrons. The van der Waals surface area contributed by atoms with Gasteiger partial charge in [-0.15, -0.1) is 5.92 Å². The van der Waals surface area contributed by atoms with Crippen molar-refractivity contribution >= 4 is 5.97 Å². The molecule has 0 rings (SSSR count). The summed E-state index contributed by atoms with van der Waals surface area (Å²) < 4.78 is 77.9. The van der Waals surface area contributed by atoms with Crippen molar-refractivity contribution < 1.29 is 41.0 Å². The maximum absolute atomic E-state index is 12.3. The second kappa shape index (κ2) is 9.01. The van der Waals surface area contributed by atoms with Crippen LogP contribution in [0.25, 0.3) is 0 Å². The zero-order valence-corrected chi connectivity index (χ0v) is 12.5. The zero-order valence-electron chi connectivity index (χ0n) is 12.5. The number of esters is 1. The van der Waals surface area contributed by atoms with E-state index in [1.54, 1.807) is 0 Å². The van der Waals surface area contributed by atoms with Gasteiger partial charge in [0.25, 0.3) is 0 Å². The minimum Gasteiger partial charge on any atom is -0.462 e. The van der Waals surface area contributed by atoms with Gasteiger partial charge in [0.15, 0.2) is 0 Å². The third-order valence-electron chi connectivity index (χ3n) is 2.86. The van der Waals surface area contributed by atoms with E-state index < -0.39 is 30.5 Å². The van der Waals surface area contributed by atoms with Crippen LogP contribution in [0.2, 0.25) is 0 Å². The molecule has 0 bridgehead atoms. The normalized spacial score (nSPS) is 12.5. The molecule has 0 unspecified atom stereocenters. The quantitative estimate of drug-likeness (QED) is 0.330. The highest BCUT2D eigenvalue weighted by atomic mass is 19.4. The molecule has 0 spiro atoms. The van der Waals surface area contributed by atoms with Crippen LogP contribution in [0, 0.1) is 11.8 Å². The van der Waals surface area contributed by atoms with Crippen molar-refractivity contribution in [1.82, 2.24) is 0 Å². The Labute approximate surface area is 130 Å². The number of unbranched alkanes of at least 4 members (excludes halogenated alkanes) is 4. The highest BCUT2D eigenvalue weighted by molar-refractivity contribution is 5.81. The molecule has 1 N–H and O–H groups in total. The van der Waals surface area contributed by atoms with Gasteiger partial charge in [0.1, 0.15) is 6.61 Å². The molecule has 0 saturated carbocycles. The Hall–Kier alpha value is -1.43. The number of ether oxygens (including phenoxy) is 1. The van der Waals surface area contributed by atoms with Gasteiger partial charge in [0, 0.05) is 12.8 Å². The van der Waals surface area contributed by atoms with E-state index in [0.717, 1.165) is 25.7 Å². The van der Waals surface area contributed by atoms with E-state index in [1.165, 1.54) is 0 Å². The average molecular weight is 348 g/mol. The molecular formula is C14H18F6O3. The van der Waals surface area contributed by atoms with E-state index >= 15 is 0 Å². The monoisotopic (exact) mass is 348 g/mol. The summed E-state index contributed by atoms with van der Waals surface area (Å²) in [6, 6.07) is 0. The Balaban J connectivity index is 4.40. The van der Waals surface area contributed by atoms with Crippen molar-refractivity contribution in [3.05, 3.63) is 0 Å². The smallest absolute Gasteiger partial charge is 0.437 e. The van der Waals surface area contributed by atoms with Crippen molar-refractivity contribution in [3.63, 3.8) is 0 Å². The highest BCUT2D eigenvalue weighted by Crippen LogP contribution is 2.43. The highest BCUT2D eigenvalue weighted by Gasteiger charge is 2.76. The van der Waals surface area contributed by atoms with Gasteiger partial charge in [-0.05, 0) is 6.42 Å². The van der Waals surface area contributed by atoms with E-state index in [0.29, 0.717) is 6.42 Å². The van der Waals surface area contributed by atoms with Crippen LogP contribution in [0.5, 0.6) is 0 Å². The van der Waals surface area contributed by atoms with Crippen LogP contribution < -0.4 is 0 Å². The van der Waals surface area contributed by atoms with Crippen LogP contribution in [-0.2, 0) is 9.53 Å². The largest absolute Gasteiger partial charge is 0.462 e. The Morgan fingerprint density at radius 3 is 1.96 bits per heavy atom. The van der Waals surface area contributed by atoms with E-state index in [-0.39, 0.29) is 6.42 Å². The first-order valence-electron chi connectivity index (χ1n) is 6.97. The molecule has 0 aromatic carbocycles. The van der Waals surface area contributed by atoms with Crippen molar-refractivity contribution in [1.29, 1.82) is 0 Å². The number of hydrogen-bond acceptors (Lipinski definition) is 3. The second-order valence-corrected chi connectivity index (χ2v) is 4.76. The number of hydrogen-bond donors (Lipinski definition) is 1. The molecule has 0 fully saturated rings. The predicted molar refractivity (Wildman–Crippen MR) is 69.2 cm³/mol. The Morgan fingerprint density at radius 1 is 0.957 bits per heavy atom. The fourth-order valence-electron chi connectivity index (χ4n) is 1.51.